The van der Waals surface area contributed by atoms with E-state index in [2.05, 4.69) is 4.98 Å². The van der Waals surface area contributed by atoms with Crippen LogP contribution in [0.1, 0.15) is 24.1 Å². The first-order valence-corrected chi connectivity index (χ1v) is 15.4. The molecule has 1 heterocycles. The second-order valence-electron chi connectivity index (χ2n) is 9.57. The zero-order chi connectivity index (χ0) is 29.0. The lowest BCUT2D eigenvalue weighted by atomic mass is 10.1. The fourth-order valence-electron chi connectivity index (χ4n) is 3.98. The predicted octanol–water partition coefficient (Wildman–Crippen LogP) is 6.89. The van der Waals surface area contributed by atoms with Gasteiger partial charge in [0.2, 0.25) is 5.91 Å². The van der Waals surface area contributed by atoms with E-state index in [9.17, 15) is 9.59 Å². The predicted molar refractivity (Wildman–Crippen MR) is 167 cm³/mol. The first kappa shape index (κ1) is 30.3. The molecular weight excluding hydrogens is 556 g/mol. The molecule has 7 nitrogen and oxygen atoms in total. The van der Waals surface area contributed by atoms with Gasteiger partial charge in [0.1, 0.15) is 23.9 Å². The summed E-state index contributed by atoms with van der Waals surface area (Å²) in [4.78, 5) is 29.3. The summed E-state index contributed by atoms with van der Waals surface area (Å²) in [7, 11) is 3.50. The summed E-state index contributed by atoms with van der Waals surface area (Å²) in [5.74, 6) is 2.53. The number of pyridine rings is 1. The minimum absolute atomic E-state index is 0.0851. The zero-order valence-electron chi connectivity index (χ0n) is 23.2. The molecule has 0 aliphatic carbocycles. The van der Waals surface area contributed by atoms with E-state index in [0.717, 1.165) is 28.6 Å². The number of carboxylic acid groups (broad SMARTS) is 1. The Labute approximate surface area is 249 Å². The van der Waals surface area contributed by atoms with Crippen molar-refractivity contribution in [1.82, 2.24) is 9.88 Å². The van der Waals surface area contributed by atoms with Gasteiger partial charge in [0.25, 0.3) is 0 Å². The van der Waals surface area contributed by atoms with Crippen LogP contribution in [0.3, 0.4) is 0 Å². The standard InChI is InChI=1S/C32H34N2O5S2/c1-34(2)30(35)15-17-40-32(41-18-16-31(36)37)20-23-7-5-10-27(19-23)39-28-11-6-9-26(21-28)38-22-25-14-13-24-8-3-4-12-29(24)33-25/h3-14,19,21,32H,15-18,20,22H2,1-2H3,(H,36,37). The van der Waals surface area contributed by atoms with Crippen LogP contribution in [0.25, 0.3) is 10.9 Å². The monoisotopic (exact) mass is 590 g/mol. The zero-order valence-corrected chi connectivity index (χ0v) is 24.8. The van der Waals surface area contributed by atoms with Crippen LogP contribution in [0.15, 0.2) is 84.9 Å². The van der Waals surface area contributed by atoms with Crippen LogP contribution in [-0.2, 0) is 22.6 Å². The third kappa shape index (κ3) is 10.0. The van der Waals surface area contributed by atoms with Gasteiger partial charge in [-0.2, -0.15) is 0 Å². The van der Waals surface area contributed by atoms with Crippen molar-refractivity contribution in [3.05, 3.63) is 96.2 Å². The molecule has 1 N–H and O–H groups in total. The molecule has 9 heteroatoms. The van der Waals surface area contributed by atoms with Crippen molar-refractivity contribution in [1.29, 1.82) is 0 Å². The number of aromatic nitrogens is 1. The van der Waals surface area contributed by atoms with E-state index in [0.29, 0.717) is 41.8 Å². The van der Waals surface area contributed by atoms with Gasteiger partial charge in [0.15, 0.2) is 0 Å². The smallest absolute Gasteiger partial charge is 0.304 e. The van der Waals surface area contributed by atoms with Gasteiger partial charge >= 0.3 is 5.97 Å². The normalized spacial score (nSPS) is 11.7. The number of fused-ring (bicyclic) bond motifs is 1. The molecular formula is C32H34N2O5S2. The largest absolute Gasteiger partial charge is 0.487 e. The molecule has 1 aromatic heterocycles. The topological polar surface area (TPSA) is 89.0 Å². The molecule has 1 amide bonds. The van der Waals surface area contributed by atoms with Gasteiger partial charge in [-0.3, -0.25) is 9.59 Å². The highest BCUT2D eigenvalue weighted by molar-refractivity contribution is 8.17. The summed E-state index contributed by atoms with van der Waals surface area (Å²) in [5.41, 5.74) is 2.87. The molecule has 41 heavy (non-hydrogen) atoms. The number of carbonyl (C=O) groups excluding carboxylic acids is 1. The number of ether oxygens (including phenoxy) is 2. The number of rotatable bonds is 15. The fraction of sp³-hybridized carbons (Fsp3) is 0.281. The number of carbonyl (C=O) groups is 2. The number of amides is 1. The average molecular weight is 591 g/mol. The summed E-state index contributed by atoms with van der Waals surface area (Å²) in [6.45, 7) is 0.350. The van der Waals surface area contributed by atoms with Crippen LogP contribution in [0.4, 0.5) is 0 Å². The van der Waals surface area contributed by atoms with Crippen molar-refractivity contribution in [2.45, 2.75) is 30.5 Å². The lowest BCUT2D eigenvalue weighted by Crippen LogP contribution is -2.22. The summed E-state index contributed by atoms with van der Waals surface area (Å²) < 4.78 is 12.3. The number of benzene rings is 3. The van der Waals surface area contributed by atoms with E-state index in [1.165, 1.54) is 0 Å². The molecule has 0 fully saturated rings. The molecule has 4 rings (SSSR count). The Bertz CT molecular complexity index is 1460. The lowest BCUT2D eigenvalue weighted by molar-refractivity contribution is -0.136. The molecule has 0 aliphatic rings. The minimum Gasteiger partial charge on any atom is -0.487 e. The highest BCUT2D eigenvalue weighted by atomic mass is 32.2. The van der Waals surface area contributed by atoms with Gasteiger partial charge in [-0.1, -0.05) is 42.5 Å². The lowest BCUT2D eigenvalue weighted by Gasteiger charge is -2.17. The van der Waals surface area contributed by atoms with Crippen molar-refractivity contribution >= 4 is 46.3 Å². The van der Waals surface area contributed by atoms with Crippen molar-refractivity contribution in [3.8, 4) is 17.2 Å². The molecule has 0 radical (unpaired) electrons. The maximum Gasteiger partial charge on any atom is 0.304 e. The van der Waals surface area contributed by atoms with E-state index >= 15 is 0 Å². The molecule has 3 aromatic carbocycles. The van der Waals surface area contributed by atoms with Crippen molar-refractivity contribution < 1.29 is 24.2 Å². The summed E-state index contributed by atoms with van der Waals surface area (Å²) >= 11 is 3.31. The second kappa shape index (κ2) is 15.3. The van der Waals surface area contributed by atoms with Gasteiger partial charge in [0.05, 0.1) is 22.2 Å². The Kier molecular flexibility index (Phi) is 11.3. The number of thioether (sulfide) groups is 2. The number of nitrogens with zero attached hydrogens (tertiary/aromatic N) is 2. The van der Waals surface area contributed by atoms with Crippen LogP contribution in [0.2, 0.25) is 0 Å². The van der Waals surface area contributed by atoms with Crippen LogP contribution in [0.5, 0.6) is 17.2 Å². The first-order valence-electron chi connectivity index (χ1n) is 13.4. The van der Waals surface area contributed by atoms with E-state index in [1.54, 1.807) is 42.5 Å². The van der Waals surface area contributed by atoms with Crippen LogP contribution >= 0.6 is 23.5 Å². The van der Waals surface area contributed by atoms with Gasteiger partial charge in [-0.05, 0) is 48.4 Å². The SMILES string of the molecule is CN(C)C(=O)CCSC(Cc1cccc(Oc2cccc(OCc3ccc4ccccc4n3)c2)c1)SCCC(=O)O. The second-order valence-corrected chi connectivity index (χ2v) is 12.5. The van der Waals surface area contributed by atoms with Gasteiger partial charge in [0, 0.05) is 43.5 Å². The van der Waals surface area contributed by atoms with Crippen LogP contribution in [-0.4, -0.2) is 57.0 Å². The minimum atomic E-state index is -0.806. The Morgan fingerprint density at radius 1 is 0.854 bits per heavy atom. The van der Waals surface area contributed by atoms with Crippen molar-refractivity contribution in [2.75, 3.05) is 25.6 Å². The van der Waals surface area contributed by atoms with Gasteiger partial charge in [-0.25, -0.2) is 4.98 Å². The average Bonchev–Trinajstić information content (AvgIpc) is 2.96. The molecule has 0 aliphatic heterocycles. The maximum atomic E-state index is 12.0. The van der Waals surface area contributed by atoms with Crippen molar-refractivity contribution in [2.24, 2.45) is 0 Å². The highest BCUT2D eigenvalue weighted by Gasteiger charge is 2.14. The highest BCUT2D eigenvalue weighted by Crippen LogP contribution is 2.31. The van der Waals surface area contributed by atoms with Crippen LogP contribution in [0, 0.1) is 0 Å². The van der Waals surface area contributed by atoms with Gasteiger partial charge < -0.3 is 19.5 Å². The third-order valence-corrected chi connectivity index (χ3v) is 8.90. The first-order chi connectivity index (χ1) is 19.9. The van der Waals surface area contributed by atoms with Crippen LogP contribution < -0.4 is 9.47 Å². The Morgan fingerprint density at radius 2 is 1.56 bits per heavy atom. The van der Waals surface area contributed by atoms with Gasteiger partial charge in [-0.15, -0.1) is 23.5 Å². The summed E-state index contributed by atoms with van der Waals surface area (Å²) in [6.07, 6.45) is 1.28. The fourth-order valence-corrected chi connectivity index (χ4v) is 6.68. The third-order valence-electron chi connectivity index (χ3n) is 6.12. The molecule has 0 spiro atoms. The quantitative estimate of drug-likeness (QED) is 0.150. The Morgan fingerprint density at radius 3 is 2.34 bits per heavy atom. The van der Waals surface area contributed by atoms with E-state index in [-0.39, 0.29) is 16.9 Å². The van der Waals surface area contributed by atoms with Crippen molar-refractivity contribution in [3.63, 3.8) is 0 Å². The molecule has 0 saturated carbocycles. The molecule has 0 saturated heterocycles. The Hall–Kier alpha value is -3.69. The maximum absolute atomic E-state index is 12.0. The molecule has 4 aromatic rings. The molecule has 1 unspecified atom stereocenters. The van der Waals surface area contributed by atoms with E-state index in [1.807, 2.05) is 84.9 Å². The number of carboxylic acids is 1. The number of para-hydroxylation sites is 1. The number of aliphatic carboxylic acids is 1. The summed E-state index contributed by atoms with van der Waals surface area (Å²) in [6, 6.07) is 27.4. The molecule has 1 atom stereocenters. The van der Waals surface area contributed by atoms with E-state index < -0.39 is 5.97 Å². The molecule has 214 valence electrons. The molecule has 0 bridgehead atoms. The summed E-state index contributed by atoms with van der Waals surface area (Å²) in [5, 5.41) is 10.1. The van der Waals surface area contributed by atoms with E-state index in [4.69, 9.17) is 14.6 Å². The Balaban J connectivity index is 1.36. The number of hydrogen-bond donors (Lipinski definition) is 1. The number of hydrogen-bond acceptors (Lipinski definition) is 7.